The molecule has 0 radical (unpaired) electrons. The Morgan fingerprint density at radius 3 is 2.67 bits per heavy atom. The van der Waals surface area contributed by atoms with Gasteiger partial charge in [-0.1, -0.05) is 18.2 Å². The topological polar surface area (TPSA) is 44.8 Å². The normalized spacial score (nSPS) is 16.3. The monoisotopic (exact) mass is 284 g/mol. The summed E-state index contributed by atoms with van der Waals surface area (Å²) in [5.74, 6) is 2.02. The van der Waals surface area contributed by atoms with Gasteiger partial charge in [-0.2, -0.15) is 0 Å². The number of para-hydroxylation sites is 1. The molecule has 1 aliphatic rings. The number of Topliss-reactive ketones (excluding diaryl/α,β-unsaturated/α-hetero) is 1. The van der Waals surface area contributed by atoms with E-state index in [9.17, 15) is 4.79 Å². The summed E-state index contributed by atoms with van der Waals surface area (Å²) in [6.45, 7) is 0. The van der Waals surface area contributed by atoms with Crippen LogP contribution in [-0.2, 0) is 6.42 Å². The van der Waals surface area contributed by atoms with Crippen LogP contribution in [-0.4, -0.2) is 26.1 Å². The number of carbonyl (C=O) groups excluding carboxylic acids is 1. The van der Waals surface area contributed by atoms with E-state index in [1.165, 1.54) is 0 Å². The van der Waals surface area contributed by atoms with E-state index in [2.05, 4.69) is 0 Å². The Bertz CT molecular complexity index is 678. The first-order valence-electron chi connectivity index (χ1n) is 6.73. The van der Waals surface area contributed by atoms with Crippen LogP contribution in [0.3, 0.4) is 0 Å². The van der Waals surface area contributed by atoms with Crippen LogP contribution in [0.1, 0.15) is 15.9 Å². The molecule has 0 saturated heterocycles. The Labute approximate surface area is 123 Å². The number of carbonyl (C=O) groups is 1. The molecule has 0 aromatic heterocycles. The zero-order valence-electron chi connectivity index (χ0n) is 12.0. The first-order chi connectivity index (χ1) is 10.2. The van der Waals surface area contributed by atoms with Crippen molar-refractivity contribution in [3.05, 3.63) is 53.6 Å². The molecular formula is C17H16O4. The van der Waals surface area contributed by atoms with E-state index >= 15 is 0 Å². The van der Waals surface area contributed by atoms with E-state index in [0.29, 0.717) is 23.5 Å². The SMILES string of the molecule is COc1ccc2c(c1)C(=O)[C@H](Cc1ccccc1OC)O2. The van der Waals surface area contributed by atoms with Crippen molar-refractivity contribution in [2.45, 2.75) is 12.5 Å². The van der Waals surface area contributed by atoms with Gasteiger partial charge in [0.15, 0.2) is 6.10 Å². The fraction of sp³-hybridized carbons (Fsp3) is 0.235. The molecule has 4 heteroatoms. The van der Waals surface area contributed by atoms with Crippen molar-refractivity contribution in [3.8, 4) is 17.2 Å². The van der Waals surface area contributed by atoms with Crippen molar-refractivity contribution < 1.29 is 19.0 Å². The summed E-state index contributed by atoms with van der Waals surface area (Å²) in [5, 5.41) is 0. The van der Waals surface area contributed by atoms with Gasteiger partial charge in [-0.05, 0) is 29.8 Å². The van der Waals surface area contributed by atoms with Crippen LogP contribution in [0.2, 0.25) is 0 Å². The molecule has 21 heavy (non-hydrogen) atoms. The number of rotatable bonds is 4. The molecule has 108 valence electrons. The first-order valence-corrected chi connectivity index (χ1v) is 6.73. The van der Waals surface area contributed by atoms with Gasteiger partial charge < -0.3 is 14.2 Å². The van der Waals surface area contributed by atoms with Crippen molar-refractivity contribution in [3.63, 3.8) is 0 Å². The molecule has 0 spiro atoms. The summed E-state index contributed by atoms with van der Waals surface area (Å²) in [4.78, 5) is 12.4. The third kappa shape index (κ3) is 2.44. The number of hydrogen-bond acceptors (Lipinski definition) is 4. The second-order valence-corrected chi connectivity index (χ2v) is 4.85. The smallest absolute Gasteiger partial charge is 0.207 e. The van der Waals surface area contributed by atoms with E-state index < -0.39 is 6.10 Å². The molecule has 1 atom stereocenters. The van der Waals surface area contributed by atoms with Crippen molar-refractivity contribution in [2.75, 3.05) is 14.2 Å². The summed E-state index contributed by atoms with van der Waals surface area (Å²) in [6, 6.07) is 12.9. The lowest BCUT2D eigenvalue weighted by molar-refractivity contribution is 0.0857. The fourth-order valence-corrected chi connectivity index (χ4v) is 2.52. The highest BCUT2D eigenvalue weighted by molar-refractivity contribution is 6.05. The summed E-state index contributed by atoms with van der Waals surface area (Å²) in [5.41, 5.74) is 1.53. The second-order valence-electron chi connectivity index (χ2n) is 4.85. The van der Waals surface area contributed by atoms with Crippen LogP contribution >= 0.6 is 0 Å². The summed E-state index contributed by atoms with van der Waals surface area (Å²) in [6.07, 6.45) is -0.0248. The molecular weight excluding hydrogens is 268 g/mol. The molecule has 1 aliphatic heterocycles. The molecule has 0 unspecified atom stereocenters. The van der Waals surface area contributed by atoms with Crippen LogP contribution in [0.5, 0.6) is 17.2 Å². The van der Waals surface area contributed by atoms with Gasteiger partial charge in [-0.3, -0.25) is 4.79 Å². The summed E-state index contributed by atoms with van der Waals surface area (Å²) in [7, 11) is 3.20. The number of ketones is 1. The van der Waals surface area contributed by atoms with Crippen molar-refractivity contribution in [1.82, 2.24) is 0 Å². The lowest BCUT2D eigenvalue weighted by Crippen LogP contribution is -2.23. The van der Waals surface area contributed by atoms with Crippen molar-refractivity contribution in [1.29, 1.82) is 0 Å². The molecule has 2 aromatic rings. The van der Waals surface area contributed by atoms with Crippen molar-refractivity contribution >= 4 is 5.78 Å². The average molecular weight is 284 g/mol. The molecule has 0 amide bonds. The molecule has 4 nitrogen and oxygen atoms in total. The number of methoxy groups -OCH3 is 2. The number of hydrogen-bond donors (Lipinski definition) is 0. The quantitative estimate of drug-likeness (QED) is 0.866. The lowest BCUT2D eigenvalue weighted by Gasteiger charge is -2.12. The van der Waals surface area contributed by atoms with Crippen LogP contribution in [0, 0.1) is 0 Å². The van der Waals surface area contributed by atoms with E-state index in [1.54, 1.807) is 32.4 Å². The standard InChI is InChI=1S/C17H16O4/c1-19-12-7-8-15-13(10-12)17(18)16(21-15)9-11-5-3-4-6-14(11)20-2/h3-8,10,16H,9H2,1-2H3/t16-/m0/s1. The Balaban J connectivity index is 1.85. The highest BCUT2D eigenvalue weighted by Crippen LogP contribution is 2.34. The zero-order valence-corrected chi connectivity index (χ0v) is 12.0. The third-order valence-corrected chi connectivity index (χ3v) is 3.61. The molecule has 0 aliphatic carbocycles. The van der Waals surface area contributed by atoms with E-state index in [1.807, 2.05) is 24.3 Å². The van der Waals surface area contributed by atoms with E-state index in [0.717, 1.165) is 11.3 Å². The zero-order chi connectivity index (χ0) is 14.8. The lowest BCUT2D eigenvalue weighted by atomic mass is 10.0. The second kappa shape index (κ2) is 5.48. The highest BCUT2D eigenvalue weighted by Gasteiger charge is 2.33. The largest absolute Gasteiger partial charge is 0.497 e. The number of ether oxygens (including phenoxy) is 3. The van der Waals surface area contributed by atoms with Gasteiger partial charge in [0.2, 0.25) is 5.78 Å². The average Bonchev–Trinajstić information content (AvgIpc) is 2.83. The van der Waals surface area contributed by atoms with Gasteiger partial charge in [0, 0.05) is 6.42 Å². The predicted octanol–water partition coefficient (Wildman–Crippen LogP) is 2.89. The maximum Gasteiger partial charge on any atom is 0.207 e. The minimum Gasteiger partial charge on any atom is -0.497 e. The maximum absolute atomic E-state index is 12.4. The van der Waals surface area contributed by atoms with Gasteiger partial charge in [0.05, 0.1) is 19.8 Å². The Morgan fingerprint density at radius 2 is 1.90 bits per heavy atom. The minimum atomic E-state index is -0.511. The molecule has 0 N–H and O–H groups in total. The molecule has 0 saturated carbocycles. The number of fused-ring (bicyclic) bond motifs is 1. The van der Waals surface area contributed by atoms with E-state index in [4.69, 9.17) is 14.2 Å². The Kier molecular flexibility index (Phi) is 3.52. The fourth-order valence-electron chi connectivity index (χ4n) is 2.52. The van der Waals surface area contributed by atoms with E-state index in [-0.39, 0.29) is 5.78 Å². The van der Waals surface area contributed by atoms with Gasteiger partial charge >= 0.3 is 0 Å². The predicted molar refractivity (Wildman–Crippen MR) is 78.4 cm³/mol. The van der Waals surface area contributed by atoms with Crippen LogP contribution < -0.4 is 14.2 Å². The summed E-state index contributed by atoms with van der Waals surface area (Å²) >= 11 is 0. The van der Waals surface area contributed by atoms with Crippen molar-refractivity contribution in [2.24, 2.45) is 0 Å². The van der Waals surface area contributed by atoms with Crippen LogP contribution in [0.15, 0.2) is 42.5 Å². The molecule has 0 fully saturated rings. The highest BCUT2D eigenvalue weighted by atomic mass is 16.5. The maximum atomic E-state index is 12.4. The van der Waals surface area contributed by atoms with Crippen LogP contribution in [0.25, 0.3) is 0 Å². The molecule has 3 rings (SSSR count). The third-order valence-electron chi connectivity index (χ3n) is 3.61. The minimum absolute atomic E-state index is 0.0187. The molecule has 0 bridgehead atoms. The van der Waals surface area contributed by atoms with Gasteiger partial charge in [-0.15, -0.1) is 0 Å². The van der Waals surface area contributed by atoms with Gasteiger partial charge in [0.25, 0.3) is 0 Å². The molecule has 2 aromatic carbocycles. The molecule has 1 heterocycles. The Hall–Kier alpha value is -2.49. The van der Waals surface area contributed by atoms with Gasteiger partial charge in [0.1, 0.15) is 17.2 Å². The Morgan fingerprint density at radius 1 is 1.10 bits per heavy atom. The number of benzene rings is 2. The summed E-state index contributed by atoms with van der Waals surface area (Å²) < 4.78 is 16.2. The first kappa shape index (κ1) is 13.5. The van der Waals surface area contributed by atoms with Crippen LogP contribution in [0.4, 0.5) is 0 Å². The van der Waals surface area contributed by atoms with Gasteiger partial charge in [-0.25, -0.2) is 0 Å².